The Morgan fingerprint density at radius 1 is 0.523 bits per heavy atom. The van der Waals surface area contributed by atoms with Crippen molar-refractivity contribution in [3.63, 3.8) is 0 Å². The van der Waals surface area contributed by atoms with E-state index in [9.17, 15) is 0 Å². The number of hydrogen-bond acceptors (Lipinski definition) is 4. The molecule has 1 N–H and O–H groups in total. The Bertz CT molecular complexity index is 2420. The summed E-state index contributed by atoms with van der Waals surface area (Å²) in [5.74, 6) is 0. The van der Waals surface area contributed by atoms with E-state index in [0.29, 0.717) is 0 Å². The van der Waals surface area contributed by atoms with Gasteiger partial charge in [-0.25, -0.2) is 4.98 Å². The van der Waals surface area contributed by atoms with Crippen LogP contribution in [0.5, 0.6) is 0 Å². The van der Waals surface area contributed by atoms with Gasteiger partial charge >= 0.3 is 0 Å². The summed E-state index contributed by atoms with van der Waals surface area (Å²) in [6.45, 7) is 0. The number of benzene rings is 5. The minimum absolute atomic E-state index is 0.0278. The van der Waals surface area contributed by atoms with Crippen LogP contribution in [0.3, 0.4) is 0 Å². The van der Waals surface area contributed by atoms with Crippen LogP contribution >= 0.6 is 0 Å². The molecule has 0 spiro atoms. The summed E-state index contributed by atoms with van der Waals surface area (Å²) in [6, 6.07) is 40.6. The van der Waals surface area contributed by atoms with Crippen molar-refractivity contribution in [2.45, 2.75) is 6.04 Å². The van der Waals surface area contributed by atoms with Crippen LogP contribution in [0.2, 0.25) is 0 Å². The first-order chi connectivity index (χ1) is 21.8. The molecule has 0 bridgehead atoms. The fraction of sp³-hybridized carbons (Fsp3) is 0.0250. The van der Waals surface area contributed by atoms with E-state index in [-0.39, 0.29) is 6.04 Å². The van der Waals surface area contributed by atoms with Gasteiger partial charge in [-0.3, -0.25) is 9.97 Å². The highest BCUT2D eigenvalue weighted by Crippen LogP contribution is 2.47. The molecule has 0 radical (unpaired) electrons. The van der Waals surface area contributed by atoms with E-state index in [0.717, 1.165) is 44.1 Å². The Kier molecular flexibility index (Phi) is 5.53. The molecule has 0 aliphatic carbocycles. The fourth-order valence-electron chi connectivity index (χ4n) is 6.91. The summed E-state index contributed by atoms with van der Waals surface area (Å²) in [5.41, 5.74) is 8.43. The maximum absolute atomic E-state index is 5.19. The van der Waals surface area contributed by atoms with Crippen molar-refractivity contribution in [3.05, 3.63) is 157 Å². The molecule has 4 nitrogen and oxygen atoms in total. The van der Waals surface area contributed by atoms with E-state index in [2.05, 4.69) is 120 Å². The van der Waals surface area contributed by atoms with E-state index in [1.54, 1.807) is 0 Å². The van der Waals surface area contributed by atoms with Crippen molar-refractivity contribution < 1.29 is 0 Å². The molecule has 3 aromatic heterocycles. The summed E-state index contributed by atoms with van der Waals surface area (Å²) in [4.78, 5) is 14.6. The smallest absolute Gasteiger partial charge is 0.0978 e. The molecular formula is C40H26N4. The average molecular weight is 563 g/mol. The third kappa shape index (κ3) is 3.74. The van der Waals surface area contributed by atoms with Crippen molar-refractivity contribution in [2.24, 2.45) is 0 Å². The topological polar surface area (TPSA) is 50.7 Å². The molecule has 1 atom stereocenters. The van der Waals surface area contributed by atoms with Crippen LogP contribution in [-0.2, 0) is 0 Å². The summed E-state index contributed by atoms with van der Waals surface area (Å²) in [7, 11) is 0. The van der Waals surface area contributed by atoms with Gasteiger partial charge in [0.2, 0.25) is 0 Å². The molecule has 4 heteroatoms. The van der Waals surface area contributed by atoms with Crippen LogP contribution in [0, 0.1) is 0 Å². The van der Waals surface area contributed by atoms with Gasteiger partial charge in [0.1, 0.15) is 0 Å². The minimum Gasteiger partial charge on any atom is -0.373 e. The van der Waals surface area contributed by atoms with Gasteiger partial charge in [0, 0.05) is 34.1 Å². The lowest BCUT2D eigenvalue weighted by Crippen LogP contribution is -2.21. The Hall–Kier alpha value is -5.87. The monoisotopic (exact) mass is 562 g/mol. The highest BCUT2D eigenvalue weighted by atomic mass is 15.0. The number of hydrogen-bond donors (Lipinski definition) is 1. The Morgan fingerprint density at radius 3 is 1.98 bits per heavy atom. The second-order valence-electron chi connectivity index (χ2n) is 11.2. The zero-order valence-corrected chi connectivity index (χ0v) is 23.8. The molecule has 8 aromatic rings. The van der Waals surface area contributed by atoms with Crippen molar-refractivity contribution in [1.29, 1.82) is 0 Å². The second kappa shape index (κ2) is 9.85. The van der Waals surface area contributed by atoms with Crippen LogP contribution in [0.25, 0.3) is 71.1 Å². The van der Waals surface area contributed by atoms with E-state index in [1.165, 1.54) is 38.2 Å². The molecule has 9 rings (SSSR count). The number of rotatable bonds is 3. The van der Waals surface area contributed by atoms with Gasteiger partial charge in [0.05, 0.1) is 34.0 Å². The normalized spacial score (nSPS) is 14.8. The molecule has 206 valence electrons. The molecule has 1 aliphatic heterocycles. The number of dihydropyridines is 1. The molecule has 5 aromatic carbocycles. The van der Waals surface area contributed by atoms with Crippen molar-refractivity contribution in [1.82, 2.24) is 20.3 Å². The second-order valence-corrected chi connectivity index (χ2v) is 11.2. The van der Waals surface area contributed by atoms with E-state index in [1.807, 2.05) is 36.7 Å². The van der Waals surface area contributed by atoms with Gasteiger partial charge in [-0.05, 0) is 63.0 Å². The van der Waals surface area contributed by atoms with Crippen LogP contribution in [0.4, 0.5) is 0 Å². The number of allylic oxidation sites excluding steroid dienone is 2. The maximum atomic E-state index is 5.19. The van der Waals surface area contributed by atoms with Gasteiger partial charge in [0.15, 0.2) is 0 Å². The lowest BCUT2D eigenvalue weighted by molar-refractivity contribution is 0.772. The van der Waals surface area contributed by atoms with Crippen molar-refractivity contribution in [3.8, 4) is 11.1 Å². The number of pyridine rings is 3. The first-order valence-electron chi connectivity index (χ1n) is 14.9. The molecule has 0 saturated carbocycles. The van der Waals surface area contributed by atoms with E-state index >= 15 is 0 Å². The van der Waals surface area contributed by atoms with Crippen LogP contribution < -0.4 is 5.32 Å². The number of nitrogens with one attached hydrogen (secondary N) is 1. The van der Waals surface area contributed by atoms with Gasteiger partial charge in [-0.1, -0.05) is 103 Å². The van der Waals surface area contributed by atoms with Gasteiger partial charge in [0.25, 0.3) is 0 Å². The first-order valence-corrected chi connectivity index (χ1v) is 14.9. The molecule has 1 unspecified atom stereocenters. The molecule has 0 amide bonds. The predicted molar refractivity (Wildman–Crippen MR) is 182 cm³/mol. The zero-order valence-electron chi connectivity index (χ0n) is 23.8. The van der Waals surface area contributed by atoms with Gasteiger partial charge < -0.3 is 5.32 Å². The highest BCUT2D eigenvalue weighted by Gasteiger charge is 2.24. The summed E-state index contributed by atoms with van der Waals surface area (Å²) in [6.07, 6.45) is 10.2. The standard InChI is InChI=1S/C40H26N4/c1-3-14-28-26(12-1)36(35-20-9-19-34(43-35)33-18-7-8-23-41-33)27-13-2-4-15-29(27)37(28)38-30-16-5-6-17-32(30)44-40-31(38)22-21-25-11-10-24-42-39(25)40/h1-24,35,43H. The van der Waals surface area contributed by atoms with Crippen LogP contribution in [0.1, 0.15) is 17.3 Å². The number of fused-ring (bicyclic) bond motifs is 6. The fourth-order valence-corrected chi connectivity index (χ4v) is 6.91. The lowest BCUT2D eigenvalue weighted by Gasteiger charge is -2.26. The largest absolute Gasteiger partial charge is 0.373 e. The van der Waals surface area contributed by atoms with Gasteiger partial charge in [-0.2, -0.15) is 0 Å². The Balaban J connectivity index is 1.39. The number of nitrogens with zero attached hydrogens (tertiary/aromatic N) is 3. The summed E-state index contributed by atoms with van der Waals surface area (Å²) < 4.78 is 0. The van der Waals surface area contributed by atoms with E-state index < -0.39 is 0 Å². The molecule has 4 heterocycles. The van der Waals surface area contributed by atoms with Gasteiger partial charge in [-0.15, -0.1) is 0 Å². The minimum atomic E-state index is -0.0278. The van der Waals surface area contributed by atoms with Crippen LogP contribution in [-0.4, -0.2) is 15.0 Å². The lowest BCUT2D eigenvalue weighted by atomic mass is 9.83. The van der Waals surface area contributed by atoms with Crippen molar-refractivity contribution >= 4 is 60.0 Å². The van der Waals surface area contributed by atoms with Crippen molar-refractivity contribution in [2.75, 3.05) is 0 Å². The molecule has 0 fully saturated rings. The third-order valence-corrected chi connectivity index (χ3v) is 8.78. The molecule has 44 heavy (non-hydrogen) atoms. The summed E-state index contributed by atoms with van der Waals surface area (Å²) >= 11 is 0. The highest BCUT2D eigenvalue weighted by molar-refractivity contribution is 6.25. The predicted octanol–water partition coefficient (Wildman–Crippen LogP) is 9.55. The zero-order chi connectivity index (χ0) is 29.0. The molecule has 1 aliphatic rings. The number of para-hydroxylation sites is 1. The van der Waals surface area contributed by atoms with E-state index in [4.69, 9.17) is 9.97 Å². The maximum Gasteiger partial charge on any atom is 0.0978 e. The Labute approximate surface area is 254 Å². The first kappa shape index (κ1) is 24.7. The Morgan fingerprint density at radius 2 is 1.20 bits per heavy atom. The molecular weight excluding hydrogens is 536 g/mol. The SMILES string of the molecule is C1=CC(c2c3ccccc3c(-c3c4ccccc4nc4c3ccc3cccnc34)c3ccccc23)NC(c2ccccn2)=C1. The number of aromatic nitrogens is 3. The third-order valence-electron chi connectivity index (χ3n) is 8.78. The average Bonchev–Trinajstić information content (AvgIpc) is 3.10. The molecule has 0 saturated heterocycles. The quantitative estimate of drug-likeness (QED) is 0.172. The van der Waals surface area contributed by atoms with Crippen LogP contribution in [0.15, 0.2) is 146 Å². The summed E-state index contributed by atoms with van der Waals surface area (Å²) in [5, 5.41) is 12.0.